The van der Waals surface area contributed by atoms with Gasteiger partial charge in [0.2, 0.25) is 0 Å². The number of nitrogens with zero attached hydrogens (tertiary/aromatic N) is 2. The fourth-order valence-corrected chi connectivity index (χ4v) is 3.27. The van der Waals surface area contributed by atoms with Crippen LogP contribution in [0.4, 0.5) is 0 Å². The summed E-state index contributed by atoms with van der Waals surface area (Å²) >= 11 is 2.59. The van der Waals surface area contributed by atoms with Gasteiger partial charge in [-0.15, -0.1) is 16.4 Å². The summed E-state index contributed by atoms with van der Waals surface area (Å²) in [4.78, 5) is 13.6. The molecular formula is C15H12N2O2S2. The Kier molecular flexibility index (Phi) is 4.08. The van der Waals surface area contributed by atoms with Crippen molar-refractivity contribution in [2.45, 2.75) is 13.5 Å². The number of benzene rings is 1. The summed E-state index contributed by atoms with van der Waals surface area (Å²) < 4.78 is 9.23. The average molecular weight is 316 g/mol. The molecule has 0 fully saturated rings. The minimum Gasteiger partial charge on any atom is -0.457 e. The fourth-order valence-electron chi connectivity index (χ4n) is 1.92. The van der Waals surface area contributed by atoms with E-state index in [1.807, 2.05) is 48.7 Å². The predicted molar refractivity (Wildman–Crippen MR) is 83.5 cm³/mol. The zero-order valence-electron chi connectivity index (χ0n) is 11.3. The van der Waals surface area contributed by atoms with Gasteiger partial charge in [-0.2, -0.15) is 0 Å². The van der Waals surface area contributed by atoms with E-state index in [0.717, 1.165) is 27.5 Å². The molecule has 0 N–H and O–H groups in total. The molecule has 0 atom stereocenters. The SMILES string of the molecule is Cc1cccc(COC(=O)c2snnc2-c2cccs2)c1. The summed E-state index contributed by atoms with van der Waals surface area (Å²) in [5.41, 5.74) is 2.71. The Labute approximate surface area is 130 Å². The van der Waals surface area contributed by atoms with E-state index >= 15 is 0 Å². The van der Waals surface area contributed by atoms with Crippen molar-refractivity contribution < 1.29 is 9.53 Å². The van der Waals surface area contributed by atoms with Crippen molar-refractivity contribution >= 4 is 28.8 Å². The first-order valence-electron chi connectivity index (χ1n) is 6.33. The second-order valence-corrected chi connectivity index (χ2v) is 6.19. The van der Waals surface area contributed by atoms with Crippen molar-refractivity contribution in [3.8, 4) is 10.6 Å². The van der Waals surface area contributed by atoms with E-state index in [1.54, 1.807) is 0 Å². The van der Waals surface area contributed by atoms with Gasteiger partial charge in [0.05, 0.1) is 4.88 Å². The molecule has 0 aliphatic rings. The minimum atomic E-state index is -0.380. The second kappa shape index (κ2) is 6.15. The molecule has 1 aromatic carbocycles. The van der Waals surface area contributed by atoms with Crippen LogP contribution in [0.15, 0.2) is 41.8 Å². The van der Waals surface area contributed by atoms with Gasteiger partial charge in [-0.05, 0) is 35.5 Å². The van der Waals surface area contributed by atoms with Crippen LogP contribution in [0.5, 0.6) is 0 Å². The summed E-state index contributed by atoms with van der Waals surface area (Å²) in [7, 11) is 0. The molecule has 0 radical (unpaired) electrons. The quantitative estimate of drug-likeness (QED) is 0.684. The maximum atomic E-state index is 12.2. The maximum Gasteiger partial charge on any atom is 0.352 e. The number of carbonyl (C=O) groups is 1. The van der Waals surface area contributed by atoms with Crippen LogP contribution < -0.4 is 0 Å². The molecule has 0 aliphatic carbocycles. The van der Waals surface area contributed by atoms with Crippen LogP contribution in [0.1, 0.15) is 20.8 Å². The van der Waals surface area contributed by atoms with E-state index < -0.39 is 0 Å². The highest BCUT2D eigenvalue weighted by molar-refractivity contribution is 7.14. The maximum absolute atomic E-state index is 12.2. The Morgan fingerprint density at radius 1 is 1.29 bits per heavy atom. The second-order valence-electron chi connectivity index (χ2n) is 4.49. The molecule has 3 aromatic rings. The Balaban J connectivity index is 1.73. The molecule has 0 bridgehead atoms. The van der Waals surface area contributed by atoms with Gasteiger partial charge in [-0.3, -0.25) is 0 Å². The molecule has 0 saturated heterocycles. The van der Waals surface area contributed by atoms with Crippen LogP contribution in [0.25, 0.3) is 10.6 Å². The van der Waals surface area contributed by atoms with Gasteiger partial charge in [-0.25, -0.2) is 4.79 Å². The molecule has 106 valence electrons. The zero-order chi connectivity index (χ0) is 14.7. The fraction of sp³-hybridized carbons (Fsp3) is 0.133. The van der Waals surface area contributed by atoms with Crippen molar-refractivity contribution in [2.24, 2.45) is 0 Å². The van der Waals surface area contributed by atoms with Gasteiger partial charge in [0.1, 0.15) is 12.3 Å². The van der Waals surface area contributed by atoms with Crippen LogP contribution >= 0.6 is 22.9 Å². The molecule has 3 rings (SSSR count). The monoisotopic (exact) mass is 316 g/mol. The number of thiophene rings is 1. The number of aryl methyl sites for hydroxylation is 1. The molecule has 0 aliphatic heterocycles. The zero-order valence-corrected chi connectivity index (χ0v) is 12.9. The van der Waals surface area contributed by atoms with Gasteiger partial charge >= 0.3 is 5.97 Å². The number of carbonyl (C=O) groups excluding carboxylic acids is 1. The molecule has 21 heavy (non-hydrogen) atoms. The van der Waals surface area contributed by atoms with Crippen molar-refractivity contribution in [3.05, 3.63) is 57.8 Å². The number of rotatable bonds is 4. The number of ether oxygens (including phenoxy) is 1. The first-order valence-corrected chi connectivity index (χ1v) is 7.98. The van der Waals surface area contributed by atoms with Gasteiger partial charge in [0.25, 0.3) is 0 Å². The van der Waals surface area contributed by atoms with Gasteiger partial charge in [0.15, 0.2) is 4.88 Å². The highest BCUT2D eigenvalue weighted by atomic mass is 32.1. The third-order valence-electron chi connectivity index (χ3n) is 2.88. The van der Waals surface area contributed by atoms with Crippen LogP contribution in [0.3, 0.4) is 0 Å². The van der Waals surface area contributed by atoms with Crippen molar-refractivity contribution in [3.63, 3.8) is 0 Å². The lowest BCUT2D eigenvalue weighted by Gasteiger charge is -2.04. The number of aromatic nitrogens is 2. The molecule has 0 unspecified atom stereocenters. The topological polar surface area (TPSA) is 52.1 Å². The van der Waals surface area contributed by atoms with Crippen LogP contribution in [-0.4, -0.2) is 15.6 Å². The third kappa shape index (κ3) is 3.17. The van der Waals surface area contributed by atoms with Crippen LogP contribution in [-0.2, 0) is 11.3 Å². The van der Waals surface area contributed by atoms with Crippen LogP contribution in [0, 0.1) is 6.92 Å². The van der Waals surface area contributed by atoms with E-state index in [-0.39, 0.29) is 12.6 Å². The van der Waals surface area contributed by atoms with E-state index in [0.29, 0.717) is 10.6 Å². The predicted octanol–water partition coefficient (Wildman–Crippen LogP) is 3.93. The largest absolute Gasteiger partial charge is 0.457 e. The van der Waals surface area contributed by atoms with E-state index in [4.69, 9.17) is 4.74 Å². The standard InChI is InChI=1S/C15H12N2O2S2/c1-10-4-2-5-11(8-10)9-19-15(18)14-13(16-17-21-14)12-6-3-7-20-12/h2-8H,9H2,1H3. The summed E-state index contributed by atoms with van der Waals surface area (Å²) in [6, 6.07) is 11.7. The lowest BCUT2D eigenvalue weighted by Crippen LogP contribution is -2.04. The average Bonchev–Trinajstić information content (AvgIpc) is 3.14. The molecule has 0 amide bonds. The smallest absolute Gasteiger partial charge is 0.352 e. The molecule has 2 aromatic heterocycles. The van der Waals surface area contributed by atoms with Crippen molar-refractivity contribution in [2.75, 3.05) is 0 Å². The number of hydrogen-bond donors (Lipinski definition) is 0. The number of hydrogen-bond acceptors (Lipinski definition) is 6. The molecular weight excluding hydrogens is 304 g/mol. The summed E-state index contributed by atoms with van der Waals surface area (Å²) in [6.45, 7) is 2.26. The minimum absolute atomic E-state index is 0.252. The van der Waals surface area contributed by atoms with Gasteiger partial charge in [0, 0.05) is 0 Å². The summed E-state index contributed by atoms with van der Waals surface area (Å²) in [5.74, 6) is -0.380. The normalized spacial score (nSPS) is 10.5. The van der Waals surface area contributed by atoms with E-state index in [1.165, 1.54) is 11.3 Å². The van der Waals surface area contributed by atoms with E-state index in [2.05, 4.69) is 9.59 Å². The highest BCUT2D eigenvalue weighted by Gasteiger charge is 2.19. The summed E-state index contributed by atoms with van der Waals surface area (Å²) in [6.07, 6.45) is 0. The molecule has 0 spiro atoms. The Hall–Kier alpha value is -2.05. The van der Waals surface area contributed by atoms with E-state index in [9.17, 15) is 4.79 Å². The van der Waals surface area contributed by atoms with Gasteiger partial charge < -0.3 is 4.74 Å². The van der Waals surface area contributed by atoms with Crippen molar-refractivity contribution in [1.29, 1.82) is 0 Å². The number of esters is 1. The summed E-state index contributed by atoms with van der Waals surface area (Å²) in [5, 5.41) is 5.97. The Morgan fingerprint density at radius 3 is 2.95 bits per heavy atom. The lowest BCUT2D eigenvalue weighted by atomic mass is 10.1. The first kappa shape index (κ1) is 13.9. The van der Waals surface area contributed by atoms with Gasteiger partial charge in [-0.1, -0.05) is 40.4 Å². The first-order chi connectivity index (χ1) is 10.2. The third-order valence-corrected chi connectivity index (χ3v) is 4.46. The van der Waals surface area contributed by atoms with Crippen LogP contribution in [0.2, 0.25) is 0 Å². The molecule has 4 nitrogen and oxygen atoms in total. The lowest BCUT2D eigenvalue weighted by molar-refractivity contribution is 0.0479. The molecule has 6 heteroatoms. The van der Waals surface area contributed by atoms with Crippen molar-refractivity contribution in [1.82, 2.24) is 9.59 Å². The molecule has 0 saturated carbocycles. The highest BCUT2D eigenvalue weighted by Crippen LogP contribution is 2.28. The Morgan fingerprint density at radius 2 is 2.19 bits per heavy atom. The molecule has 2 heterocycles. The Bertz CT molecular complexity index is 751.